The van der Waals surface area contributed by atoms with Gasteiger partial charge < -0.3 is 0 Å². The fourth-order valence-corrected chi connectivity index (χ4v) is 4.19. The molecule has 0 spiro atoms. The average Bonchev–Trinajstić information content (AvgIpc) is 3.12. The van der Waals surface area contributed by atoms with Crippen molar-refractivity contribution in [2.45, 2.75) is 4.90 Å². The van der Waals surface area contributed by atoms with Crippen molar-refractivity contribution in [2.75, 3.05) is 19.4 Å². The molecule has 0 saturated heterocycles. The molecule has 0 radical (unpaired) electrons. The average molecular weight is 456 g/mol. The Bertz CT molecular complexity index is 1130. The minimum Gasteiger partial charge on any atom is -0.298 e. The molecule has 0 aliphatic rings. The predicted molar refractivity (Wildman–Crippen MR) is 113 cm³/mol. The van der Waals surface area contributed by atoms with Crippen LogP contribution < -0.4 is 5.32 Å². The van der Waals surface area contributed by atoms with Gasteiger partial charge in [-0.1, -0.05) is 29.3 Å². The largest absolute Gasteiger partial charge is 0.298 e. The Morgan fingerprint density at radius 3 is 2.36 bits per heavy atom. The van der Waals surface area contributed by atoms with Gasteiger partial charge in [-0.3, -0.25) is 10.1 Å². The molecule has 3 rings (SSSR count). The van der Waals surface area contributed by atoms with Gasteiger partial charge in [-0.15, -0.1) is 11.3 Å². The van der Waals surface area contributed by atoms with E-state index < -0.39 is 10.0 Å². The Labute approximate surface area is 176 Å². The quantitative estimate of drug-likeness (QED) is 0.608. The van der Waals surface area contributed by atoms with Crippen LogP contribution in [0.1, 0.15) is 10.4 Å². The highest BCUT2D eigenvalue weighted by molar-refractivity contribution is 7.89. The van der Waals surface area contributed by atoms with E-state index in [4.69, 9.17) is 23.2 Å². The highest BCUT2D eigenvalue weighted by Crippen LogP contribution is 2.30. The number of halogens is 2. The van der Waals surface area contributed by atoms with E-state index in [1.54, 1.807) is 23.6 Å². The van der Waals surface area contributed by atoms with E-state index in [0.717, 1.165) is 9.87 Å². The van der Waals surface area contributed by atoms with E-state index in [9.17, 15) is 13.2 Å². The molecule has 0 bridgehead atoms. The van der Waals surface area contributed by atoms with Crippen molar-refractivity contribution in [3.05, 3.63) is 63.5 Å². The molecule has 10 heteroatoms. The summed E-state index contributed by atoms with van der Waals surface area (Å²) in [6.45, 7) is 0. The van der Waals surface area contributed by atoms with Crippen molar-refractivity contribution in [2.24, 2.45) is 0 Å². The van der Waals surface area contributed by atoms with Crippen molar-refractivity contribution in [1.29, 1.82) is 0 Å². The van der Waals surface area contributed by atoms with Gasteiger partial charge in [-0.05, 0) is 36.4 Å². The normalized spacial score (nSPS) is 11.6. The van der Waals surface area contributed by atoms with Gasteiger partial charge in [0.2, 0.25) is 10.0 Å². The van der Waals surface area contributed by atoms with Crippen LogP contribution in [0.2, 0.25) is 10.0 Å². The number of carbonyl (C=O) groups is 1. The number of amides is 1. The molecule has 1 N–H and O–H groups in total. The summed E-state index contributed by atoms with van der Waals surface area (Å²) in [5.74, 6) is -0.385. The van der Waals surface area contributed by atoms with Crippen LogP contribution in [0.5, 0.6) is 0 Å². The van der Waals surface area contributed by atoms with Gasteiger partial charge in [0, 0.05) is 30.6 Å². The molecule has 28 heavy (non-hydrogen) atoms. The molecule has 146 valence electrons. The van der Waals surface area contributed by atoms with Crippen molar-refractivity contribution in [3.63, 3.8) is 0 Å². The molecule has 0 aliphatic heterocycles. The summed E-state index contributed by atoms with van der Waals surface area (Å²) in [6, 6.07) is 10.9. The van der Waals surface area contributed by atoms with E-state index in [0.29, 0.717) is 26.4 Å². The molecule has 0 unspecified atom stereocenters. The Hall–Kier alpha value is -1.97. The molecule has 0 fully saturated rings. The zero-order valence-corrected chi connectivity index (χ0v) is 18.0. The summed E-state index contributed by atoms with van der Waals surface area (Å²) in [4.78, 5) is 16.9. The number of thiazole rings is 1. The van der Waals surface area contributed by atoms with E-state index in [1.807, 2.05) is 0 Å². The van der Waals surface area contributed by atoms with Gasteiger partial charge in [-0.2, -0.15) is 0 Å². The van der Waals surface area contributed by atoms with E-state index in [-0.39, 0.29) is 10.8 Å². The first-order valence-corrected chi connectivity index (χ1v) is 11.0. The highest BCUT2D eigenvalue weighted by Gasteiger charge is 2.18. The van der Waals surface area contributed by atoms with Crippen LogP contribution in [0.3, 0.4) is 0 Å². The number of nitrogens with one attached hydrogen (secondary N) is 1. The van der Waals surface area contributed by atoms with Gasteiger partial charge in [0.05, 0.1) is 20.6 Å². The number of rotatable bonds is 5. The van der Waals surface area contributed by atoms with Gasteiger partial charge in [-0.25, -0.2) is 17.7 Å². The summed E-state index contributed by atoms with van der Waals surface area (Å²) in [6.07, 6.45) is 0. The molecule has 0 atom stereocenters. The van der Waals surface area contributed by atoms with Crippen molar-refractivity contribution < 1.29 is 13.2 Å². The van der Waals surface area contributed by atoms with Crippen LogP contribution in [0, 0.1) is 0 Å². The number of anilines is 1. The second-order valence-corrected chi connectivity index (χ2v) is 9.76. The third-order valence-electron chi connectivity index (χ3n) is 3.84. The first-order valence-electron chi connectivity index (χ1n) is 7.93. The van der Waals surface area contributed by atoms with Gasteiger partial charge >= 0.3 is 0 Å². The number of hydrogen-bond donors (Lipinski definition) is 1. The van der Waals surface area contributed by atoms with Crippen LogP contribution in [0.4, 0.5) is 5.13 Å². The van der Waals surface area contributed by atoms with Crippen LogP contribution in [0.15, 0.2) is 52.7 Å². The Morgan fingerprint density at radius 1 is 1.07 bits per heavy atom. The third kappa shape index (κ3) is 4.37. The molecular weight excluding hydrogens is 441 g/mol. The molecule has 1 aromatic heterocycles. The summed E-state index contributed by atoms with van der Waals surface area (Å²) < 4.78 is 25.3. The van der Waals surface area contributed by atoms with Crippen molar-refractivity contribution >= 4 is 55.6 Å². The zero-order valence-electron chi connectivity index (χ0n) is 14.8. The van der Waals surface area contributed by atoms with Gasteiger partial charge in [0.25, 0.3) is 5.91 Å². The number of carbonyl (C=O) groups excluding carboxylic acids is 1. The molecule has 0 saturated carbocycles. The summed E-state index contributed by atoms with van der Waals surface area (Å²) in [5, 5.41) is 5.79. The summed E-state index contributed by atoms with van der Waals surface area (Å²) in [7, 11) is -0.644. The number of sulfonamides is 1. The lowest BCUT2D eigenvalue weighted by atomic mass is 10.2. The molecular formula is C18H15Cl2N3O3S2. The maximum atomic E-state index is 12.4. The molecule has 1 heterocycles. The first kappa shape index (κ1) is 20.8. The van der Waals surface area contributed by atoms with E-state index in [2.05, 4.69) is 10.3 Å². The third-order valence-corrected chi connectivity index (χ3v) is 7.16. The molecule has 2 aromatic carbocycles. The smallest absolute Gasteiger partial charge is 0.257 e. The van der Waals surface area contributed by atoms with Crippen LogP contribution in [-0.2, 0) is 10.0 Å². The Balaban J connectivity index is 1.75. The predicted octanol–water partition coefficient (Wildman–Crippen LogP) is 4.62. The molecule has 1 amide bonds. The lowest BCUT2D eigenvalue weighted by molar-refractivity contribution is 0.102. The Kier molecular flexibility index (Phi) is 6.07. The van der Waals surface area contributed by atoms with Gasteiger partial charge in [0.1, 0.15) is 0 Å². The SMILES string of the molecule is CN(C)S(=O)(=O)c1ccc(C(=O)Nc2nc(-c3ccc(Cl)c(Cl)c3)cs2)cc1. The molecule has 6 nitrogen and oxygen atoms in total. The minimum absolute atomic E-state index is 0.116. The number of nitrogens with zero attached hydrogens (tertiary/aromatic N) is 2. The van der Waals surface area contributed by atoms with Crippen molar-refractivity contribution in [1.82, 2.24) is 9.29 Å². The van der Waals surface area contributed by atoms with Crippen LogP contribution in [0.25, 0.3) is 11.3 Å². The second kappa shape index (κ2) is 8.18. The highest BCUT2D eigenvalue weighted by atomic mass is 35.5. The summed E-state index contributed by atoms with van der Waals surface area (Å²) in [5.41, 5.74) is 1.76. The number of aromatic nitrogens is 1. The summed E-state index contributed by atoms with van der Waals surface area (Å²) >= 11 is 13.2. The van der Waals surface area contributed by atoms with E-state index >= 15 is 0 Å². The molecule has 0 aliphatic carbocycles. The fourth-order valence-electron chi connectivity index (χ4n) is 2.28. The number of hydrogen-bond acceptors (Lipinski definition) is 5. The van der Waals surface area contributed by atoms with Crippen LogP contribution >= 0.6 is 34.5 Å². The standard InChI is InChI=1S/C18H15Cl2N3O3S2/c1-23(2)28(25,26)13-6-3-11(4-7-13)17(24)22-18-21-16(10-27-18)12-5-8-14(19)15(20)9-12/h3-10H,1-2H3,(H,21,22,24). The fraction of sp³-hybridized carbons (Fsp3) is 0.111. The Morgan fingerprint density at radius 2 is 1.75 bits per heavy atom. The first-order chi connectivity index (χ1) is 13.2. The van der Waals surface area contributed by atoms with Crippen LogP contribution in [-0.4, -0.2) is 37.7 Å². The lowest BCUT2D eigenvalue weighted by Crippen LogP contribution is -2.22. The maximum Gasteiger partial charge on any atom is 0.257 e. The lowest BCUT2D eigenvalue weighted by Gasteiger charge is -2.11. The van der Waals surface area contributed by atoms with Crippen molar-refractivity contribution in [3.8, 4) is 11.3 Å². The zero-order chi connectivity index (χ0) is 20.5. The van der Waals surface area contributed by atoms with E-state index in [1.165, 1.54) is 49.7 Å². The maximum absolute atomic E-state index is 12.4. The monoisotopic (exact) mass is 455 g/mol. The second-order valence-electron chi connectivity index (χ2n) is 5.93. The van der Waals surface area contributed by atoms with Gasteiger partial charge in [0.15, 0.2) is 5.13 Å². The topological polar surface area (TPSA) is 79.4 Å². The minimum atomic E-state index is -3.54. The number of benzene rings is 2. The molecule has 3 aromatic rings.